The normalized spacial score (nSPS) is 16.0. The molecule has 3 nitrogen and oxygen atoms in total. The molecular formula is C10H20N2O. The predicted molar refractivity (Wildman–Crippen MR) is 53.7 cm³/mol. The SMILES string of the molecule is CCCN(C(=O)NC(C)C)C1CC1. The third-order valence-corrected chi connectivity index (χ3v) is 2.13. The van der Waals surface area contributed by atoms with Crippen molar-refractivity contribution in [3.63, 3.8) is 0 Å². The summed E-state index contributed by atoms with van der Waals surface area (Å²) in [7, 11) is 0. The zero-order valence-corrected chi connectivity index (χ0v) is 8.84. The number of hydrogen-bond acceptors (Lipinski definition) is 1. The van der Waals surface area contributed by atoms with Crippen molar-refractivity contribution in [3.8, 4) is 0 Å². The van der Waals surface area contributed by atoms with E-state index >= 15 is 0 Å². The number of hydrogen-bond donors (Lipinski definition) is 1. The Morgan fingerprint density at radius 2 is 2.15 bits per heavy atom. The monoisotopic (exact) mass is 184 g/mol. The third kappa shape index (κ3) is 3.25. The second-order valence-electron chi connectivity index (χ2n) is 4.03. The van der Waals surface area contributed by atoms with Gasteiger partial charge in [0.15, 0.2) is 0 Å². The molecule has 0 atom stereocenters. The van der Waals surface area contributed by atoms with E-state index < -0.39 is 0 Å². The zero-order valence-electron chi connectivity index (χ0n) is 8.84. The third-order valence-electron chi connectivity index (χ3n) is 2.13. The molecular weight excluding hydrogens is 164 g/mol. The first-order valence-corrected chi connectivity index (χ1v) is 5.22. The molecule has 1 N–H and O–H groups in total. The van der Waals surface area contributed by atoms with Crippen molar-refractivity contribution in [3.05, 3.63) is 0 Å². The van der Waals surface area contributed by atoms with Gasteiger partial charge in [0.2, 0.25) is 0 Å². The summed E-state index contributed by atoms with van der Waals surface area (Å²) in [6.45, 7) is 6.99. The average molecular weight is 184 g/mol. The summed E-state index contributed by atoms with van der Waals surface area (Å²) in [5, 5.41) is 2.94. The lowest BCUT2D eigenvalue weighted by Gasteiger charge is -2.23. The van der Waals surface area contributed by atoms with E-state index in [1.54, 1.807) is 0 Å². The highest BCUT2D eigenvalue weighted by atomic mass is 16.2. The Hall–Kier alpha value is -0.730. The minimum absolute atomic E-state index is 0.111. The van der Waals surface area contributed by atoms with Gasteiger partial charge in [-0.25, -0.2) is 4.79 Å². The summed E-state index contributed by atoms with van der Waals surface area (Å²) < 4.78 is 0. The second kappa shape index (κ2) is 4.49. The van der Waals surface area contributed by atoms with Crippen molar-refractivity contribution in [2.75, 3.05) is 6.54 Å². The molecule has 1 aliphatic rings. The Morgan fingerprint density at radius 1 is 1.54 bits per heavy atom. The molecule has 0 aromatic rings. The van der Waals surface area contributed by atoms with E-state index in [9.17, 15) is 4.79 Å². The predicted octanol–water partition coefficient (Wildman–Crippen LogP) is 1.98. The van der Waals surface area contributed by atoms with Crippen molar-refractivity contribution in [1.29, 1.82) is 0 Å². The van der Waals surface area contributed by atoms with Crippen LogP contribution in [0.1, 0.15) is 40.0 Å². The number of urea groups is 1. The number of rotatable bonds is 4. The standard InChI is InChI=1S/C10H20N2O/c1-4-7-12(9-5-6-9)10(13)11-8(2)3/h8-9H,4-7H2,1-3H3,(H,11,13). The van der Waals surface area contributed by atoms with Crippen LogP contribution in [0.4, 0.5) is 4.79 Å². The molecule has 0 heterocycles. The van der Waals surface area contributed by atoms with Gasteiger partial charge in [-0.2, -0.15) is 0 Å². The fourth-order valence-corrected chi connectivity index (χ4v) is 1.41. The number of nitrogens with zero attached hydrogens (tertiary/aromatic N) is 1. The number of nitrogens with one attached hydrogen (secondary N) is 1. The Labute approximate surface area is 80.5 Å². The fourth-order valence-electron chi connectivity index (χ4n) is 1.41. The molecule has 0 unspecified atom stereocenters. The first kappa shape index (κ1) is 10.4. The Balaban J connectivity index is 2.38. The van der Waals surface area contributed by atoms with Gasteiger partial charge in [-0.05, 0) is 33.1 Å². The smallest absolute Gasteiger partial charge is 0.317 e. The maximum absolute atomic E-state index is 11.6. The van der Waals surface area contributed by atoms with E-state index in [-0.39, 0.29) is 12.1 Å². The van der Waals surface area contributed by atoms with Gasteiger partial charge in [0.1, 0.15) is 0 Å². The highest BCUT2D eigenvalue weighted by molar-refractivity contribution is 5.75. The van der Waals surface area contributed by atoms with Crippen molar-refractivity contribution in [2.24, 2.45) is 0 Å². The van der Waals surface area contributed by atoms with Gasteiger partial charge >= 0.3 is 6.03 Å². The Bertz CT molecular complexity index is 176. The van der Waals surface area contributed by atoms with Gasteiger partial charge in [0.05, 0.1) is 0 Å². The fraction of sp³-hybridized carbons (Fsp3) is 0.900. The van der Waals surface area contributed by atoms with Crippen LogP contribution in [0.15, 0.2) is 0 Å². The van der Waals surface area contributed by atoms with E-state index in [2.05, 4.69) is 12.2 Å². The van der Waals surface area contributed by atoms with Crippen LogP contribution in [-0.4, -0.2) is 29.6 Å². The number of amides is 2. The quantitative estimate of drug-likeness (QED) is 0.712. The molecule has 0 aliphatic heterocycles. The first-order chi connectivity index (χ1) is 6.15. The molecule has 0 spiro atoms. The molecule has 1 rings (SSSR count). The summed E-state index contributed by atoms with van der Waals surface area (Å²) in [5.74, 6) is 0. The molecule has 13 heavy (non-hydrogen) atoms. The van der Waals surface area contributed by atoms with Crippen molar-refractivity contribution >= 4 is 6.03 Å². The van der Waals surface area contributed by atoms with Crippen LogP contribution in [0.3, 0.4) is 0 Å². The molecule has 1 aliphatic carbocycles. The van der Waals surface area contributed by atoms with Gasteiger partial charge in [-0.15, -0.1) is 0 Å². The summed E-state index contributed by atoms with van der Waals surface area (Å²) in [6.07, 6.45) is 3.42. The van der Waals surface area contributed by atoms with Crippen molar-refractivity contribution < 1.29 is 4.79 Å². The van der Waals surface area contributed by atoms with E-state index in [0.717, 1.165) is 13.0 Å². The lowest BCUT2D eigenvalue weighted by atomic mass is 10.4. The van der Waals surface area contributed by atoms with Crippen LogP contribution in [0.2, 0.25) is 0 Å². The van der Waals surface area contributed by atoms with Crippen molar-refractivity contribution in [2.45, 2.75) is 52.1 Å². The molecule has 76 valence electrons. The zero-order chi connectivity index (χ0) is 9.84. The summed E-state index contributed by atoms with van der Waals surface area (Å²) in [6, 6.07) is 0.878. The van der Waals surface area contributed by atoms with Gasteiger partial charge in [0, 0.05) is 18.6 Å². The second-order valence-corrected chi connectivity index (χ2v) is 4.03. The van der Waals surface area contributed by atoms with E-state index in [4.69, 9.17) is 0 Å². The maximum Gasteiger partial charge on any atom is 0.317 e. The summed E-state index contributed by atoms with van der Waals surface area (Å²) >= 11 is 0. The number of carbonyl (C=O) groups excluding carboxylic acids is 1. The Kier molecular flexibility index (Phi) is 3.58. The largest absolute Gasteiger partial charge is 0.336 e. The van der Waals surface area contributed by atoms with Crippen LogP contribution in [-0.2, 0) is 0 Å². The highest BCUT2D eigenvalue weighted by Gasteiger charge is 2.31. The van der Waals surface area contributed by atoms with Gasteiger partial charge in [0.25, 0.3) is 0 Å². The van der Waals surface area contributed by atoms with E-state index in [0.29, 0.717) is 6.04 Å². The molecule has 0 aromatic carbocycles. The van der Waals surface area contributed by atoms with E-state index in [1.165, 1.54) is 12.8 Å². The minimum atomic E-state index is 0.111. The Morgan fingerprint density at radius 3 is 2.54 bits per heavy atom. The van der Waals surface area contributed by atoms with E-state index in [1.807, 2.05) is 18.7 Å². The average Bonchev–Trinajstić information content (AvgIpc) is 2.81. The minimum Gasteiger partial charge on any atom is -0.336 e. The van der Waals surface area contributed by atoms with Crippen LogP contribution >= 0.6 is 0 Å². The molecule has 0 aromatic heterocycles. The van der Waals surface area contributed by atoms with Gasteiger partial charge < -0.3 is 10.2 Å². The molecule has 2 amide bonds. The molecule has 3 heteroatoms. The molecule has 0 saturated heterocycles. The lowest BCUT2D eigenvalue weighted by Crippen LogP contribution is -2.44. The maximum atomic E-state index is 11.6. The van der Waals surface area contributed by atoms with Crippen LogP contribution in [0, 0.1) is 0 Å². The van der Waals surface area contributed by atoms with Gasteiger partial charge in [-0.3, -0.25) is 0 Å². The summed E-state index contributed by atoms with van der Waals surface area (Å²) in [5.41, 5.74) is 0. The highest BCUT2D eigenvalue weighted by Crippen LogP contribution is 2.26. The molecule has 0 radical (unpaired) electrons. The number of carbonyl (C=O) groups is 1. The van der Waals surface area contributed by atoms with Crippen molar-refractivity contribution in [1.82, 2.24) is 10.2 Å². The first-order valence-electron chi connectivity index (χ1n) is 5.22. The molecule has 1 fully saturated rings. The summed E-state index contributed by atoms with van der Waals surface area (Å²) in [4.78, 5) is 13.6. The molecule has 1 saturated carbocycles. The lowest BCUT2D eigenvalue weighted by molar-refractivity contribution is 0.192. The van der Waals surface area contributed by atoms with Crippen LogP contribution in [0.5, 0.6) is 0 Å². The van der Waals surface area contributed by atoms with Gasteiger partial charge in [-0.1, -0.05) is 6.92 Å². The molecule has 0 bridgehead atoms. The topological polar surface area (TPSA) is 32.3 Å². The van der Waals surface area contributed by atoms with Crippen LogP contribution < -0.4 is 5.32 Å². The van der Waals surface area contributed by atoms with Crippen LogP contribution in [0.25, 0.3) is 0 Å².